The van der Waals surface area contributed by atoms with E-state index in [-0.39, 0.29) is 11.6 Å². The third kappa shape index (κ3) is 10.4. The van der Waals surface area contributed by atoms with Gasteiger partial charge in [-0.05, 0) is 35.9 Å². The fraction of sp³-hybridized carbons (Fsp3) is 0.200. The SMILES string of the molecule is O=C(Nc1ccccc1)Nc1ccn([C@@H]2O[C@H](COP(=O)([O-])OP(=O)([O-])OCc3ccccc3)[C@H](O)C2OC(=O)Oc2ccccc2)c(=O)n1. The highest BCUT2D eigenvalue weighted by Gasteiger charge is 2.48. The first-order valence-corrected chi connectivity index (χ1v) is 17.5. The number of aliphatic hydroxyl groups excluding tert-OH is 1. The summed E-state index contributed by atoms with van der Waals surface area (Å²) in [6.45, 7) is -1.59. The minimum Gasteiger partial charge on any atom is -0.756 e. The Morgan fingerprint density at radius 1 is 0.880 bits per heavy atom. The van der Waals surface area contributed by atoms with Crippen LogP contribution < -0.4 is 30.8 Å². The average Bonchev–Trinajstić information content (AvgIpc) is 3.37. The van der Waals surface area contributed by atoms with Gasteiger partial charge < -0.3 is 43.5 Å². The summed E-state index contributed by atoms with van der Waals surface area (Å²) in [5, 5.41) is 16.0. The van der Waals surface area contributed by atoms with Crippen LogP contribution in [0.15, 0.2) is 108 Å². The normalized spacial score (nSPS) is 20.9. The topological polar surface area (TPSA) is 249 Å². The van der Waals surface area contributed by atoms with Gasteiger partial charge in [-0.25, -0.2) is 18.7 Å². The molecule has 1 saturated heterocycles. The number of rotatable bonds is 13. The second-order valence-electron chi connectivity index (χ2n) is 10.3. The number of hydrogen-bond donors (Lipinski definition) is 3. The Balaban J connectivity index is 1.28. The maximum Gasteiger partial charge on any atom is 0.514 e. The van der Waals surface area contributed by atoms with Crippen molar-refractivity contribution in [3.8, 4) is 5.75 Å². The molecule has 5 rings (SSSR count). The van der Waals surface area contributed by atoms with Gasteiger partial charge in [-0.15, -0.1) is 0 Å². The van der Waals surface area contributed by atoms with Crippen molar-refractivity contribution in [2.75, 3.05) is 17.2 Å². The van der Waals surface area contributed by atoms with Crippen LogP contribution in [-0.2, 0) is 38.6 Å². The number of ether oxygens (including phenoxy) is 3. The standard InChI is InChI=1S/C30H30N4O14P2/c35-25-23(19-44-50(41,42)48-49(39,40)43-18-20-10-4-1-5-11-20)46-27(26(25)47-30(38)45-22-14-8-3-9-15-22)34-17-16-24(33-29(34)37)32-28(36)31-21-12-6-2-7-13-21/h1-17,23,25-27,35H,18-19H2,(H,39,40)(H,41,42)(H2,31,32,33,36,37)/p-2/t23-,25+,26?,27-/m1/s1. The van der Waals surface area contributed by atoms with Gasteiger partial charge in [-0.3, -0.25) is 19.0 Å². The van der Waals surface area contributed by atoms with E-state index in [0.29, 0.717) is 11.3 Å². The molecule has 6 atom stereocenters. The van der Waals surface area contributed by atoms with Gasteiger partial charge in [0, 0.05) is 11.9 Å². The second-order valence-corrected chi connectivity index (χ2v) is 13.2. The summed E-state index contributed by atoms with van der Waals surface area (Å²) >= 11 is 0. The Morgan fingerprint density at radius 2 is 1.50 bits per heavy atom. The van der Waals surface area contributed by atoms with Gasteiger partial charge in [0.25, 0.3) is 15.6 Å². The molecule has 3 unspecified atom stereocenters. The molecule has 2 amide bonds. The molecular formula is C30H28N4O14P2-2. The zero-order chi connectivity index (χ0) is 35.7. The molecule has 20 heteroatoms. The summed E-state index contributed by atoms with van der Waals surface area (Å²) < 4.78 is 54.8. The number of benzene rings is 3. The van der Waals surface area contributed by atoms with Gasteiger partial charge in [0.15, 0.2) is 12.3 Å². The summed E-state index contributed by atoms with van der Waals surface area (Å²) in [4.78, 5) is 66.4. The van der Waals surface area contributed by atoms with E-state index in [1.54, 1.807) is 66.7 Å². The largest absolute Gasteiger partial charge is 0.756 e. The Hall–Kier alpha value is -4.74. The molecule has 2 heterocycles. The molecule has 0 bridgehead atoms. The molecule has 4 aromatic rings. The van der Waals surface area contributed by atoms with E-state index in [1.165, 1.54) is 30.3 Å². The van der Waals surface area contributed by atoms with Gasteiger partial charge in [0.2, 0.25) is 0 Å². The molecule has 0 aliphatic carbocycles. The van der Waals surface area contributed by atoms with Crippen LogP contribution >= 0.6 is 15.6 Å². The minimum absolute atomic E-state index is 0.0753. The lowest BCUT2D eigenvalue weighted by molar-refractivity contribution is -0.246. The maximum atomic E-state index is 13.1. The van der Waals surface area contributed by atoms with Crippen LogP contribution in [0.2, 0.25) is 0 Å². The molecule has 0 saturated carbocycles. The number of amides is 2. The number of carbonyl (C=O) groups is 2. The fourth-order valence-corrected chi connectivity index (χ4v) is 6.46. The first-order valence-electron chi connectivity index (χ1n) is 14.5. The molecule has 1 aliphatic rings. The Morgan fingerprint density at radius 3 is 2.16 bits per heavy atom. The van der Waals surface area contributed by atoms with E-state index in [0.717, 1.165) is 10.8 Å². The van der Waals surface area contributed by atoms with E-state index in [4.69, 9.17) is 14.2 Å². The van der Waals surface area contributed by atoms with Crippen LogP contribution in [-0.4, -0.2) is 51.8 Å². The third-order valence-corrected chi connectivity index (χ3v) is 9.21. The fourth-order valence-electron chi connectivity index (χ4n) is 4.47. The van der Waals surface area contributed by atoms with Crippen LogP contribution in [0.3, 0.4) is 0 Å². The lowest BCUT2D eigenvalue weighted by Gasteiger charge is -2.31. The molecule has 1 aromatic heterocycles. The number of phosphoric ester groups is 2. The molecule has 18 nitrogen and oxygen atoms in total. The van der Waals surface area contributed by atoms with Crippen LogP contribution in [0.1, 0.15) is 11.8 Å². The van der Waals surface area contributed by atoms with E-state index < -0.39 is 71.3 Å². The van der Waals surface area contributed by atoms with Crippen molar-refractivity contribution in [2.45, 2.75) is 31.1 Å². The Kier molecular flexibility index (Phi) is 11.9. The molecule has 0 radical (unpaired) electrons. The smallest absolute Gasteiger partial charge is 0.514 e. The number of hydrogen-bond acceptors (Lipinski definition) is 15. The van der Waals surface area contributed by atoms with E-state index in [2.05, 4.69) is 29.0 Å². The number of para-hydroxylation sites is 2. The number of aromatic nitrogens is 2. The van der Waals surface area contributed by atoms with Crippen molar-refractivity contribution < 1.29 is 61.2 Å². The first-order chi connectivity index (χ1) is 23.9. The molecule has 0 spiro atoms. The molecule has 264 valence electrons. The number of urea groups is 1. The molecule has 3 aromatic carbocycles. The van der Waals surface area contributed by atoms with Crippen LogP contribution in [0.25, 0.3) is 0 Å². The van der Waals surface area contributed by atoms with Crippen molar-refractivity contribution in [1.82, 2.24) is 9.55 Å². The molecule has 50 heavy (non-hydrogen) atoms. The minimum atomic E-state index is -5.66. The molecule has 3 N–H and O–H groups in total. The quantitative estimate of drug-likeness (QED) is 0.102. The number of aliphatic hydroxyl groups is 1. The van der Waals surface area contributed by atoms with Crippen molar-refractivity contribution in [1.29, 1.82) is 0 Å². The van der Waals surface area contributed by atoms with Crippen LogP contribution in [0, 0.1) is 0 Å². The van der Waals surface area contributed by atoms with E-state index >= 15 is 0 Å². The highest BCUT2D eigenvalue weighted by molar-refractivity contribution is 7.59. The average molecular weight is 731 g/mol. The summed E-state index contributed by atoms with van der Waals surface area (Å²) in [5.41, 5.74) is -0.178. The highest BCUT2D eigenvalue weighted by Crippen LogP contribution is 2.56. The molecule has 1 aliphatic heterocycles. The van der Waals surface area contributed by atoms with Crippen molar-refractivity contribution in [3.05, 3.63) is 119 Å². The summed E-state index contributed by atoms with van der Waals surface area (Å²) in [5.74, 6) is -0.105. The zero-order valence-electron chi connectivity index (χ0n) is 25.6. The van der Waals surface area contributed by atoms with Crippen LogP contribution in [0.5, 0.6) is 5.75 Å². The Labute approximate surface area is 283 Å². The van der Waals surface area contributed by atoms with E-state index in [9.17, 15) is 38.4 Å². The maximum absolute atomic E-state index is 13.1. The van der Waals surface area contributed by atoms with Gasteiger partial charge in [0.05, 0.1) is 13.2 Å². The molecular weight excluding hydrogens is 702 g/mol. The van der Waals surface area contributed by atoms with Gasteiger partial charge in [0.1, 0.15) is 23.8 Å². The van der Waals surface area contributed by atoms with Gasteiger partial charge in [-0.2, -0.15) is 4.98 Å². The van der Waals surface area contributed by atoms with Crippen molar-refractivity contribution >= 4 is 39.3 Å². The monoisotopic (exact) mass is 730 g/mol. The number of nitrogens with zero attached hydrogens (tertiary/aromatic N) is 2. The number of carbonyl (C=O) groups excluding carboxylic acids is 2. The predicted octanol–water partition coefficient (Wildman–Crippen LogP) is 2.92. The first kappa shape index (κ1) is 36.5. The highest BCUT2D eigenvalue weighted by atomic mass is 31.3. The van der Waals surface area contributed by atoms with E-state index in [1.807, 2.05) is 0 Å². The van der Waals surface area contributed by atoms with Gasteiger partial charge in [-0.1, -0.05) is 66.7 Å². The van der Waals surface area contributed by atoms with Crippen molar-refractivity contribution in [2.24, 2.45) is 0 Å². The predicted molar refractivity (Wildman–Crippen MR) is 168 cm³/mol. The zero-order valence-corrected chi connectivity index (χ0v) is 27.4. The Bertz CT molecular complexity index is 1920. The third-order valence-electron chi connectivity index (χ3n) is 6.70. The lowest BCUT2D eigenvalue weighted by Crippen LogP contribution is -2.40. The number of phosphoric acid groups is 2. The summed E-state index contributed by atoms with van der Waals surface area (Å²) in [6.07, 6.45) is -7.14. The van der Waals surface area contributed by atoms with Crippen molar-refractivity contribution in [3.63, 3.8) is 0 Å². The number of anilines is 2. The number of nitrogens with one attached hydrogen (secondary N) is 2. The summed E-state index contributed by atoms with van der Waals surface area (Å²) in [6, 6.07) is 24.5. The second kappa shape index (κ2) is 16.3. The van der Waals surface area contributed by atoms with Gasteiger partial charge >= 0.3 is 17.9 Å². The summed E-state index contributed by atoms with van der Waals surface area (Å²) in [7, 11) is -11.1. The lowest BCUT2D eigenvalue weighted by atomic mass is 10.1. The van der Waals surface area contributed by atoms with Crippen LogP contribution in [0.4, 0.5) is 21.1 Å². The molecule has 1 fully saturated rings.